The van der Waals surface area contributed by atoms with Crippen molar-refractivity contribution in [2.24, 2.45) is 5.92 Å². The Bertz CT molecular complexity index is 1100. The Morgan fingerprint density at radius 3 is 2.55 bits per heavy atom. The van der Waals surface area contributed by atoms with Gasteiger partial charge in [-0.2, -0.15) is 28.2 Å². The van der Waals surface area contributed by atoms with Crippen LogP contribution in [-0.4, -0.2) is 54.9 Å². The summed E-state index contributed by atoms with van der Waals surface area (Å²) >= 11 is 0. The van der Waals surface area contributed by atoms with E-state index in [1.165, 1.54) is 4.80 Å². The van der Waals surface area contributed by atoms with Crippen LogP contribution < -0.4 is 5.32 Å². The Morgan fingerprint density at radius 1 is 1.18 bits per heavy atom. The molecule has 174 valence electrons. The number of benzene rings is 1. The lowest BCUT2D eigenvalue weighted by Gasteiger charge is -2.40. The molecular formula is C22H24F3N7O. The van der Waals surface area contributed by atoms with E-state index in [0.29, 0.717) is 24.3 Å². The van der Waals surface area contributed by atoms with Gasteiger partial charge in [0.15, 0.2) is 0 Å². The van der Waals surface area contributed by atoms with E-state index in [4.69, 9.17) is 0 Å². The fourth-order valence-electron chi connectivity index (χ4n) is 4.06. The molecule has 2 aromatic heterocycles. The topological polar surface area (TPSA) is 88.8 Å². The van der Waals surface area contributed by atoms with Crippen molar-refractivity contribution >= 4 is 11.9 Å². The molecule has 0 aliphatic carbocycles. The molecule has 1 fully saturated rings. The second-order valence-electron chi connectivity index (χ2n) is 8.20. The Hall–Kier alpha value is -3.50. The van der Waals surface area contributed by atoms with Crippen molar-refractivity contribution in [3.05, 3.63) is 59.7 Å². The summed E-state index contributed by atoms with van der Waals surface area (Å²) in [6, 6.07) is 5.36. The minimum absolute atomic E-state index is 0.0881. The number of nitrogens with zero attached hydrogens (tertiary/aromatic N) is 6. The van der Waals surface area contributed by atoms with E-state index in [0.717, 1.165) is 30.8 Å². The first kappa shape index (κ1) is 22.7. The van der Waals surface area contributed by atoms with Crippen molar-refractivity contribution in [2.45, 2.75) is 38.9 Å². The van der Waals surface area contributed by atoms with Crippen molar-refractivity contribution < 1.29 is 18.0 Å². The normalized spacial score (nSPS) is 18.9. The van der Waals surface area contributed by atoms with Crippen LogP contribution in [-0.2, 0) is 6.18 Å². The van der Waals surface area contributed by atoms with E-state index in [9.17, 15) is 18.0 Å². The molecule has 4 rings (SSSR count). The number of aromatic nitrogens is 5. The van der Waals surface area contributed by atoms with Crippen molar-refractivity contribution in [1.82, 2.24) is 29.9 Å². The van der Waals surface area contributed by atoms with Gasteiger partial charge in [-0.05, 0) is 37.8 Å². The van der Waals surface area contributed by atoms with Crippen LogP contribution in [0.5, 0.6) is 0 Å². The average Bonchev–Trinajstić information content (AvgIpc) is 3.32. The zero-order valence-electron chi connectivity index (χ0n) is 18.3. The first-order valence-electron chi connectivity index (χ1n) is 10.7. The monoisotopic (exact) mass is 459 g/mol. The Morgan fingerprint density at radius 2 is 1.88 bits per heavy atom. The van der Waals surface area contributed by atoms with Crippen molar-refractivity contribution in [3.63, 3.8) is 0 Å². The summed E-state index contributed by atoms with van der Waals surface area (Å²) in [7, 11) is 0. The summed E-state index contributed by atoms with van der Waals surface area (Å²) in [6.07, 6.45) is 1.90. The number of likely N-dealkylation sites (tertiary alicyclic amines) is 1. The SMILES string of the molecule is Cc1ccc(-n2nccn2)c(C(=O)N2CCCC(C)C2CNc2ncc(C(F)(F)F)cn2)c1. The number of rotatable bonds is 5. The van der Waals surface area contributed by atoms with Crippen LogP contribution in [0.2, 0.25) is 0 Å². The molecule has 33 heavy (non-hydrogen) atoms. The number of halogens is 3. The quantitative estimate of drug-likeness (QED) is 0.625. The highest BCUT2D eigenvalue weighted by Gasteiger charge is 2.34. The number of hydrogen-bond acceptors (Lipinski definition) is 6. The third-order valence-electron chi connectivity index (χ3n) is 5.84. The van der Waals surface area contributed by atoms with Crippen molar-refractivity contribution in [2.75, 3.05) is 18.4 Å². The maximum Gasteiger partial charge on any atom is 0.419 e. The number of carbonyl (C=O) groups excluding carboxylic acids is 1. The number of hydrogen-bond donors (Lipinski definition) is 1. The maximum absolute atomic E-state index is 13.7. The predicted octanol–water partition coefficient (Wildman–Crippen LogP) is 3.74. The van der Waals surface area contributed by atoms with Crippen LogP contribution >= 0.6 is 0 Å². The molecule has 1 aliphatic heterocycles. The number of aryl methyl sites for hydroxylation is 1. The summed E-state index contributed by atoms with van der Waals surface area (Å²) < 4.78 is 38.3. The van der Waals surface area contributed by atoms with Crippen LogP contribution in [0.15, 0.2) is 43.0 Å². The molecule has 0 saturated carbocycles. The molecule has 1 N–H and O–H groups in total. The molecule has 0 bridgehead atoms. The van der Waals surface area contributed by atoms with E-state index < -0.39 is 11.7 Å². The molecule has 1 amide bonds. The molecule has 1 saturated heterocycles. The average molecular weight is 459 g/mol. The fourth-order valence-corrected chi connectivity index (χ4v) is 4.06. The van der Waals surface area contributed by atoms with Crippen LogP contribution in [0, 0.1) is 12.8 Å². The summed E-state index contributed by atoms with van der Waals surface area (Å²) in [5, 5.41) is 11.3. The molecule has 2 unspecified atom stereocenters. The molecule has 3 heterocycles. The van der Waals surface area contributed by atoms with Gasteiger partial charge in [-0.25, -0.2) is 9.97 Å². The summed E-state index contributed by atoms with van der Waals surface area (Å²) in [5.74, 6) is 0.128. The third-order valence-corrected chi connectivity index (χ3v) is 5.84. The number of amides is 1. The smallest absolute Gasteiger partial charge is 0.352 e. The number of nitrogens with one attached hydrogen (secondary N) is 1. The van der Waals surface area contributed by atoms with Crippen molar-refractivity contribution in [3.8, 4) is 5.69 Å². The van der Waals surface area contributed by atoms with Crippen LogP contribution in [0.3, 0.4) is 0 Å². The molecule has 0 radical (unpaired) electrons. The lowest BCUT2D eigenvalue weighted by molar-refractivity contribution is -0.138. The molecular weight excluding hydrogens is 435 g/mol. The van der Waals surface area contributed by atoms with Gasteiger partial charge in [0, 0.05) is 25.5 Å². The fraction of sp³-hybridized carbons (Fsp3) is 0.409. The van der Waals surface area contributed by atoms with Crippen LogP contribution in [0.1, 0.15) is 41.3 Å². The van der Waals surface area contributed by atoms with Gasteiger partial charge < -0.3 is 10.2 Å². The highest BCUT2D eigenvalue weighted by atomic mass is 19.4. The Kier molecular flexibility index (Phi) is 6.30. The number of alkyl halides is 3. The van der Waals surface area contributed by atoms with Gasteiger partial charge in [0.25, 0.3) is 5.91 Å². The second kappa shape index (κ2) is 9.16. The molecule has 8 nitrogen and oxygen atoms in total. The standard InChI is InChI=1S/C22H24F3N7O/c1-14-5-6-18(32-29-7-8-30-32)17(10-14)20(33)31-9-3-4-15(2)19(31)13-28-21-26-11-16(12-27-21)22(23,24)25/h5-8,10-12,15,19H,3-4,9,13H2,1-2H3,(H,26,27,28). The molecule has 0 spiro atoms. The first-order valence-corrected chi connectivity index (χ1v) is 10.7. The van der Waals surface area contributed by atoms with Gasteiger partial charge >= 0.3 is 6.18 Å². The first-order chi connectivity index (χ1) is 15.7. The summed E-state index contributed by atoms with van der Waals surface area (Å²) in [5.41, 5.74) is 1.12. The van der Waals surface area contributed by atoms with E-state index in [1.807, 2.05) is 30.0 Å². The molecule has 11 heteroatoms. The van der Waals surface area contributed by atoms with Crippen LogP contribution in [0.4, 0.5) is 19.1 Å². The maximum atomic E-state index is 13.7. The van der Waals surface area contributed by atoms with Gasteiger partial charge in [0.1, 0.15) is 0 Å². The minimum Gasteiger partial charge on any atom is -0.352 e. The number of anilines is 1. The Balaban J connectivity index is 1.55. The van der Waals surface area contributed by atoms with E-state index in [2.05, 4.69) is 32.4 Å². The lowest BCUT2D eigenvalue weighted by atomic mass is 9.90. The third kappa shape index (κ3) is 4.96. The van der Waals surface area contributed by atoms with Gasteiger partial charge in [-0.3, -0.25) is 4.79 Å². The second-order valence-corrected chi connectivity index (χ2v) is 8.20. The molecule has 2 atom stereocenters. The number of carbonyl (C=O) groups is 1. The van der Waals surface area contributed by atoms with E-state index in [-0.39, 0.29) is 23.8 Å². The lowest BCUT2D eigenvalue weighted by Crippen LogP contribution is -2.51. The molecule has 1 aliphatic rings. The van der Waals surface area contributed by atoms with Crippen LogP contribution in [0.25, 0.3) is 5.69 Å². The van der Waals surface area contributed by atoms with Gasteiger partial charge in [0.05, 0.1) is 35.2 Å². The largest absolute Gasteiger partial charge is 0.419 e. The minimum atomic E-state index is -4.49. The highest BCUT2D eigenvalue weighted by Crippen LogP contribution is 2.29. The van der Waals surface area contributed by atoms with Crippen molar-refractivity contribution in [1.29, 1.82) is 0 Å². The van der Waals surface area contributed by atoms with E-state index in [1.54, 1.807) is 12.4 Å². The zero-order chi connectivity index (χ0) is 23.6. The van der Waals surface area contributed by atoms with Gasteiger partial charge in [0.2, 0.25) is 5.95 Å². The Labute approximate surface area is 188 Å². The molecule has 3 aromatic rings. The van der Waals surface area contributed by atoms with Gasteiger partial charge in [-0.15, -0.1) is 0 Å². The summed E-state index contributed by atoms with van der Waals surface area (Å²) in [6.45, 7) is 4.87. The predicted molar refractivity (Wildman–Crippen MR) is 115 cm³/mol. The highest BCUT2D eigenvalue weighted by molar-refractivity contribution is 5.98. The van der Waals surface area contributed by atoms with E-state index >= 15 is 0 Å². The number of piperidine rings is 1. The molecule has 1 aromatic carbocycles. The zero-order valence-corrected chi connectivity index (χ0v) is 18.3. The van der Waals surface area contributed by atoms with Gasteiger partial charge in [-0.1, -0.05) is 18.6 Å². The summed E-state index contributed by atoms with van der Waals surface area (Å²) in [4.78, 5) is 24.4.